The Balaban J connectivity index is 1.98. The van der Waals surface area contributed by atoms with Gasteiger partial charge in [0.15, 0.2) is 0 Å². The van der Waals surface area contributed by atoms with Gasteiger partial charge in [0.1, 0.15) is 17.3 Å². The van der Waals surface area contributed by atoms with Crippen LogP contribution in [0.4, 0.5) is 0 Å². The number of carbonyl (C=O) groups excluding carboxylic acids is 2. The van der Waals surface area contributed by atoms with Crippen molar-refractivity contribution in [2.45, 2.75) is 6.92 Å². The molecule has 126 valence electrons. The van der Waals surface area contributed by atoms with Crippen molar-refractivity contribution in [3.63, 3.8) is 0 Å². The summed E-state index contributed by atoms with van der Waals surface area (Å²) in [6, 6.07) is 6.74. The van der Waals surface area contributed by atoms with Gasteiger partial charge in [-0.15, -0.1) is 0 Å². The first-order valence-electron chi connectivity index (χ1n) is 7.09. The monoisotopic (exact) mass is 330 g/mol. The van der Waals surface area contributed by atoms with Crippen LogP contribution in [0.5, 0.6) is 11.5 Å². The van der Waals surface area contributed by atoms with Crippen molar-refractivity contribution in [3.05, 3.63) is 53.5 Å². The van der Waals surface area contributed by atoms with E-state index >= 15 is 0 Å². The van der Waals surface area contributed by atoms with Gasteiger partial charge in [-0.2, -0.15) is 0 Å². The van der Waals surface area contributed by atoms with Crippen LogP contribution >= 0.6 is 0 Å². The lowest BCUT2D eigenvalue weighted by atomic mass is 10.1. The Hall–Kier alpha value is -3.22. The Labute approximate surface area is 139 Å². The van der Waals surface area contributed by atoms with Crippen molar-refractivity contribution in [2.24, 2.45) is 0 Å². The molecule has 1 aromatic carbocycles. The SMILES string of the molecule is COc1ccc(OC)c(/C=C/C(=O)NNC(=O)c2ccoc2C)c1. The number of ether oxygens (including phenoxy) is 2. The predicted molar refractivity (Wildman–Crippen MR) is 87.6 cm³/mol. The van der Waals surface area contributed by atoms with Crippen LogP contribution in [-0.4, -0.2) is 26.0 Å². The number of carbonyl (C=O) groups is 2. The van der Waals surface area contributed by atoms with Crippen LogP contribution in [0.25, 0.3) is 6.08 Å². The van der Waals surface area contributed by atoms with Crippen molar-refractivity contribution >= 4 is 17.9 Å². The van der Waals surface area contributed by atoms with E-state index in [0.717, 1.165) is 0 Å². The Kier molecular flexibility index (Phi) is 5.62. The molecule has 0 fully saturated rings. The van der Waals surface area contributed by atoms with Crippen LogP contribution in [0.3, 0.4) is 0 Å². The summed E-state index contributed by atoms with van der Waals surface area (Å²) in [5.74, 6) is 0.757. The maximum absolute atomic E-state index is 11.8. The summed E-state index contributed by atoms with van der Waals surface area (Å²) in [4.78, 5) is 23.7. The highest BCUT2D eigenvalue weighted by molar-refractivity contribution is 5.98. The first-order chi connectivity index (χ1) is 11.5. The summed E-state index contributed by atoms with van der Waals surface area (Å²) < 4.78 is 15.4. The second kappa shape index (κ2) is 7.87. The third-order valence-electron chi connectivity index (χ3n) is 3.25. The number of rotatable bonds is 5. The van der Waals surface area contributed by atoms with Gasteiger partial charge in [-0.25, -0.2) is 0 Å². The van der Waals surface area contributed by atoms with E-state index < -0.39 is 11.8 Å². The molecule has 7 nitrogen and oxygen atoms in total. The summed E-state index contributed by atoms with van der Waals surface area (Å²) in [6.07, 6.45) is 4.24. The first kappa shape index (κ1) is 17.1. The largest absolute Gasteiger partial charge is 0.497 e. The van der Waals surface area contributed by atoms with Crippen molar-refractivity contribution in [3.8, 4) is 11.5 Å². The van der Waals surface area contributed by atoms with Crippen LogP contribution in [-0.2, 0) is 4.79 Å². The average Bonchev–Trinajstić information content (AvgIpc) is 3.03. The van der Waals surface area contributed by atoms with Gasteiger partial charge in [0.25, 0.3) is 11.8 Å². The Morgan fingerprint density at radius 3 is 2.54 bits per heavy atom. The van der Waals surface area contributed by atoms with Crippen LogP contribution < -0.4 is 20.3 Å². The smallest absolute Gasteiger partial charge is 0.273 e. The lowest BCUT2D eigenvalue weighted by Gasteiger charge is -2.07. The lowest BCUT2D eigenvalue weighted by molar-refractivity contribution is -0.117. The van der Waals surface area contributed by atoms with E-state index in [9.17, 15) is 9.59 Å². The maximum atomic E-state index is 11.8. The molecule has 0 radical (unpaired) electrons. The fourth-order valence-electron chi connectivity index (χ4n) is 1.98. The summed E-state index contributed by atoms with van der Waals surface area (Å²) in [5, 5.41) is 0. The van der Waals surface area contributed by atoms with Crippen LogP contribution in [0.15, 0.2) is 41.0 Å². The molecule has 0 atom stereocenters. The molecular formula is C17H18N2O5. The Morgan fingerprint density at radius 2 is 1.92 bits per heavy atom. The maximum Gasteiger partial charge on any atom is 0.273 e. The number of furan rings is 1. The number of hydrogen-bond acceptors (Lipinski definition) is 5. The fraction of sp³-hybridized carbons (Fsp3) is 0.176. The highest BCUT2D eigenvalue weighted by Gasteiger charge is 2.11. The van der Waals surface area contributed by atoms with Gasteiger partial charge in [-0.1, -0.05) is 0 Å². The zero-order valence-electron chi connectivity index (χ0n) is 13.6. The van der Waals surface area contributed by atoms with E-state index in [2.05, 4.69) is 10.9 Å². The molecule has 7 heteroatoms. The highest BCUT2D eigenvalue weighted by Crippen LogP contribution is 2.24. The van der Waals surface area contributed by atoms with Crippen molar-refractivity contribution in [1.82, 2.24) is 10.9 Å². The van der Waals surface area contributed by atoms with Gasteiger partial charge in [0.05, 0.1) is 26.0 Å². The minimum Gasteiger partial charge on any atom is -0.497 e. The number of hydrogen-bond donors (Lipinski definition) is 2. The van der Waals surface area contributed by atoms with E-state index in [1.165, 1.54) is 25.5 Å². The quantitative estimate of drug-likeness (QED) is 0.647. The molecule has 2 rings (SSSR count). The molecule has 0 aliphatic carbocycles. The molecule has 0 bridgehead atoms. The normalized spacial score (nSPS) is 10.5. The summed E-state index contributed by atoms with van der Waals surface area (Å²) >= 11 is 0. The topological polar surface area (TPSA) is 89.8 Å². The zero-order valence-corrected chi connectivity index (χ0v) is 13.6. The number of aryl methyl sites for hydroxylation is 1. The second-order valence-corrected chi connectivity index (χ2v) is 4.78. The molecule has 0 aliphatic rings. The molecule has 0 saturated carbocycles. The zero-order chi connectivity index (χ0) is 17.5. The molecule has 1 heterocycles. The lowest BCUT2D eigenvalue weighted by Crippen LogP contribution is -2.40. The Bertz CT molecular complexity index is 764. The van der Waals surface area contributed by atoms with Gasteiger partial charge in [-0.3, -0.25) is 20.4 Å². The summed E-state index contributed by atoms with van der Waals surface area (Å²) in [7, 11) is 3.09. The van der Waals surface area contributed by atoms with E-state index in [4.69, 9.17) is 13.9 Å². The molecule has 24 heavy (non-hydrogen) atoms. The molecule has 0 aliphatic heterocycles. The third-order valence-corrected chi connectivity index (χ3v) is 3.25. The molecular weight excluding hydrogens is 312 g/mol. The molecule has 1 aromatic heterocycles. The summed E-state index contributed by atoms with van der Waals surface area (Å²) in [6.45, 7) is 1.66. The number of nitrogens with one attached hydrogen (secondary N) is 2. The van der Waals surface area contributed by atoms with E-state index in [1.807, 2.05) is 0 Å². The Morgan fingerprint density at radius 1 is 1.12 bits per heavy atom. The third kappa shape index (κ3) is 4.16. The van der Waals surface area contributed by atoms with Crippen molar-refractivity contribution in [2.75, 3.05) is 14.2 Å². The summed E-state index contributed by atoms with van der Waals surface area (Å²) in [5.41, 5.74) is 5.63. The first-order valence-corrected chi connectivity index (χ1v) is 7.09. The van der Waals surface area contributed by atoms with Crippen molar-refractivity contribution in [1.29, 1.82) is 0 Å². The van der Waals surface area contributed by atoms with E-state index in [1.54, 1.807) is 38.3 Å². The van der Waals surface area contributed by atoms with E-state index in [-0.39, 0.29) is 0 Å². The molecule has 0 spiro atoms. The van der Waals surface area contributed by atoms with Gasteiger partial charge in [0.2, 0.25) is 0 Å². The van der Waals surface area contributed by atoms with Crippen LogP contribution in [0.1, 0.15) is 21.7 Å². The molecule has 0 saturated heterocycles. The molecule has 2 N–H and O–H groups in total. The standard InChI is InChI=1S/C17H18N2O5/c1-11-14(8-9-24-11)17(21)19-18-16(20)7-4-12-10-13(22-2)5-6-15(12)23-3/h4-10H,1-3H3,(H,18,20)(H,19,21)/b7-4+. The minimum absolute atomic E-state index is 0.355. The van der Waals surface area contributed by atoms with E-state index in [0.29, 0.717) is 28.4 Å². The number of methoxy groups -OCH3 is 2. The average molecular weight is 330 g/mol. The fourth-order valence-corrected chi connectivity index (χ4v) is 1.98. The van der Waals surface area contributed by atoms with Gasteiger partial charge >= 0.3 is 0 Å². The molecule has 2 amide bonds. The van der Waals surface area contributed by atoms with Gasteiger partial charge < -0.3 is 13.9 Å². The second-order valence-electron chi connectivity index (χ2n) is 4.78. The van der Waals surface area contributed by atoms with Crippen LogP contribution in [0.2, 0.25) is 0 Å². The molecule has 2 aromatic rings. The number of hydrazine groups is 1. The van der Waals surface area contributed by atoms with Crippen molar-refractivity contribution < 1.29 is 23.5 Å². The van der Waals surface area contributed by atoms with Gasteiger partial charge in [-0.05, 0) is 37.3 Å². The number of amides is 2. The predicted octanol–water partition coefficient (Wildman–Crippen LogP) is 2.08. The highest BCUT2D eigenvalue weighted by atomic mass is 16.5. The minimum atomic E-state index is -0.491. The van der Waals surface area contributed by atoms with Crippen LogP contribution in [0, 0.1) is 6.92 Å². The molecule has 0 unspecified atom stereocenters. The van der Waals surface area contributed by atoms with Gasteiger partial charge in [0, 0.05) is 11.6 Å². The number of benzene rings is 1.